The van der Waals surface area contributed by atoms with Crippen LogP contribution in [-0.2, 0) is 11.0 Å². The molecule has 0 aliphatic heterocycles. The van der Waals surface area contributed by atoms with Crippen molar-refractivity contribution in [3.8, 4) is 5.75 Å². The lowest BCUT2D eigenvalue weighted by atomic mass is 10.1. The van der Waals surface area contributed by atoms with Crippen LogP contribution in [0.4, 0.5) is 0 Å². The molecule has 0 amide bonds. The molecule has 21 heavy (non-hydrogen) atoms. The van der Waals surface area contributed by atoms with Crippen LogP contribution in [0.25, 0.3) is 0 Å². The number of hydrogen-bond donors (Lipinski definition) is 2. The van der Waals surface area contributed by atoms with Crippen LogP contribution in [0.15, 0.2) is 53.4 Å². The topological polar surface area (TPSA) is 58.6 Å². The van der Waals surface area contributed by atoms with Crippen molar-refractivity contribution in [1.29, 1.82) is 0 Å². The minimum Gasteiger partial charge on any atom is -0.497 e. The summed E-state index contributed by atoms with van der Waals surface area (Å²) >= 11 is 0. The Morgan fingerprint density at radius 2 is 1.76 bits per heavy atom. The van der Waals surface area contributed by atoms with Gasteiger partial charge in [0.2, 0.25) is 0 Å². The maximum Gasteiger partial charge on any atom is 0.125 e. The summed E-state index contributed by atoms with van der Waals surface area (Å²) in [6.07, 6.45) is 0. The summed E-state index contributed by atoms with van der Waals surface area (Å²) in [5.41, 5.74) is 1.98. The number of aliphatic hydroxyl groups is 1. The maximum absolute atomic E-state index is 12.3. The van der Waals surface area contributed by atoms with Crippen molar-refractivity contribution < 1.29 is 14.1 Å². The van der Waals surface area contributed by atoms with Crippen LogP contribution in [0.2, 0.25) is 0 Å². The van der Waals surface area contributed by atoms with E-state index in [2.05, 4.69) is 4.72 Å². The zero-order valence-electron chi connectivity index (χ0n) is 12.1. The average molecular weight is 305 g/mol. The zero-order valence-corrected chi connectivity index (χ0v) is 12.9. The van der Waals surface area contributed by atoms with Gasteiger partial charge in [-0.1, -0.05) is 29.8 Å². The molecule has 0 saturated heterocycles. The van der Waals surface area contributed by atoms with Gasteiger partial charge in [-0.05, 0) is 36.8 Å². The number of rotatable bonds is 6. The molecule has 2 aromatic rings. The summed E-state index contributed by atoms with van der Waals surface area (Å²) < 4.78 is 20.3. The van der Waals surface area contributed by atoms with E-state index in [1.54, 1.807) is 7.11 Å². The molecule has 2 N–H and O–H groups in total. The smallest absolute Gasteiger partial charge is 0.125 e. The van der Waals surface area contributed by atoms with E-state index < -0.39 is 17.0 Å². The molecule has 0 radical (unpaired) electrons. The van der Waals surface area contributed by atoms with Crippen molar-refractivity contribution in [2.75, 3.05) is 13.7 Å². The van der Waals surface area contributed by atoms with Gasteiger partial charge >= 0.3 is 0 Å². The minimum absolute atomic E-state index is 0.135. The van der Waals surface area contributed by atoms with Crippen LogP contribution in [0, 0.1) is 6.92 Å². The van der Waals surface area contributed by atoms with Gasteiger partial charge in [0.15, 0.2) is 0 Å². The van der Waals surface area contributed by atoms with Crippen LogP contribution < -0.4 is 9.46 Å². The van der Waals surface area contributed by atoms with Gasteiger partial charge in [0, 0.05) is 0 Å². The summed E-state index contributed by atoms with van der Waals surface area (Å²) in [6.45, 7) is 1.85. The molecule has 0 fully saturated rings. The molecule has 0 aliphatic carbocycles. The van der Waals surface area contributed by atoms with Crippen molar-refractivity contribution in [3.63, 3.8) is 0 Å². The largest absolute Gasteiger partial charge is 0.497 e. The quantitative estimate of drug-likeness (QED) is 0.861. The molecule has 0 saturated carbocycles. The van der Waals surface area contributed by atoms with Gasteiger partial charge in [-0.15, -0.1) is 0 Å². The second-order valence-corrected chi connectivity index (χ2v) is 5.95. The van der Waals surface area contributed by atoms with Crippen LogP contribution >= 0.6 is 0 Å². The monoisotopic (exact) mass is 305 g/mol. The fourth-order valence-electron chi connectivity index (χ4n) is 1.91. The average Bonchev–Trinajstić information content (AvgIpc) is 2.53. The molecule has 112 valence electrons. The highest BCUT2D eigenvalue weighted by Crippen LogP contribution is 2.19. The molecule has 5 heteroatoms. The van der Waals surface area contributed by atoms with E-state index in [1.165, 1.54) is 0 Å². The van der Waals surface area contributed by atoms with Gasteiger partial charge < -0.3 is 9.84 Å². The first-order chi connectivity index (χ1) is 10.1. The molecular weight excluding hydrogens is 286 g/mol. The molecule has 2 aromatic carbocycles. The molecule has 4 nitrogen and oxygen atoms in total. The van der Waals surface area contributed by atoms with Crippen LogP contribution in [0.5, 0.6) is 5.75 Å². The summed E-state index contributed by atoms with van der Waals surface area (Å²) in [6, 6.07) is 14.4. The van der Waals surface area contributed by atoms with Crippen LogP contribution in [-0.4, -0.2) is 23.0 Å². The lowest BCUT2D eigenvalue weighted by Gasteiger charge is -2.16. The Hall–Kier alpha value is -1.69. The summed E-state index contributed by atoms with van der Waals surface area (Å²) in [5, 5.41) is 9.52. The molecular formula is C16H19NO3S. The van der Waals surface area contributed by atoms with Gasteiger partial charge in [-0.3, -0.25) is 0 Å². The number of methoxy groups -OCH3 is 1. The van der Waals surface area contributed by atoms with E-state index in [-0.39, 0.29) is 6.61 Å². The van der Waals surface area contributed by atoms with Crippen molar-refractivity contribution in [1.82, 2.24) is 4.72 Å². The predicted molar refractivity (Wildman–Crippen MR) is 83.5 cm³/mol. The molecule has 2 rings (SSSR count). The van der Waals surface area contributed by atoms with Gasteiger partial charge in [-0.2, -0.15) is 0 Å². The SMILES string of the molecule is COc1ccc([C@@H](CO)N[S@@](=O)c2ccc(C)cc2)cc1. The highest BCUT2D eigenvalue weighted by atomic mass is 32.2. The minimum atomic E-state index is -1.37. The molecule has 0 aromatic heterocycles. The second kappa shape index (κ2) is 7.36. The summed E-state index contributed by atoms with van der Waals surface area (Å²) in [7, 11) is 0.230. The Labute approximate surface area is 127 Å². The normalized spacial score (nSPS) is 13.7. The first kappa shape index (κ1) is 15.7. The van der Waals surface area contributed by atoms with Crippen molar-refractivity contribution in [3.05, 3.63) is 59.7 Å². The maximum atomic E-state index is 12.3. The van der Waals surface area contributed by atoms with E-state index in [0.717, 1.165) is 16.9 Å². The molecule has 0 bridgehead atoms. The Morgan fingerprint density at radius 1 is 1.14 bits per heavy atom. The molecule has 0 unspecified atom stereocenters. The van der Waals surface area contributed by atoms with Crippen molar-refractivity contribution in [2.24, 2.45) is 0 Å². The molecule has 0 heterocycles. The van der Waals surface area contributed by atoms with Gasteiger partial charge in [-0.25, -0.2) is 8.93 Å². The third kappa shape index (κ3) is 4.14. The van der Waals surface area contributed by atoms with E-state index in [9.17, 15) is 9.32 Å². The fraction of sp³-hybridized carbons (Fsp3) is 0.250. The Bertz CT molecular complexity index is 596. The molecule has 0 spiro atoms. The van der Waals surface area contributed by atoms with Crippen LogP contribution in [0.1, 0.15) is 17.2 Å². The van der Waals surface area contributed by atoms with Crippen molar-refractivity contribution >= 4 is 11.0 Å². The number of hydrogen-bond acceptors (Lipinski definition) is 3. The second-order valence-electron chi connectivity index (χ2n) is 4.71. The van der Waals surface area contributed by atoms with E-state index in [4.69, 9.17) is 4.74 Å². The lowest BCUT2D eigenvalue weighted by molar-refractivity contribution is 0.260. The summed E-state index contributed by atoms with van der Waals surface area (Å²) in [5.74, 6) is 0.745. The lowest BCUT2D eigenvalue weighted by Crippen LogP contribution is -2.26. The zero-order chi connectivity index (χ0) is 15.2. The number of benzene rings is 2. The predicted octanol–water partition coefficient (Wildman–Crippen LogP) is 2.35. The third-order valence-electron chi connectivity index (χ3n) is 3.19. The Balaban J connectivity index is 2.10. The first-order valence-corrected chi connectivity index (χ1v) is 7.78. The Morgan fingerprint density at radius 3 is 2.29 bits per heavy atom. The first-order valence-electron chi connectivity index (χ1n) is 6.63. The van der Waals surface area contributed by atoms with Crippen molar-refractivity contribution in [2.45, 2.75) is 17.9 Å². The van der Waals surface area contributed by atoms with Gasteiger partial charge in [0.25, 0.3) is 0 Å². The molecule has 0 aliphatic rings. The number of aliphatic hydroxyl groups excluding tert-OH is 1. The summed E-state index contributed by atoms with van der Waals surface area (Å²) in [4.78, 5) is 0.688. The number of aryl methyl sites for hydroxylation is 1. The highest BCUT2D eigenvalue weighted by Gasteiger charge is 2.14. The third-order valence-corrected chi connectivity index (χ3v) is 4.38. The van der Waals surface area contributed by atoms with E-state index >= 15 is 0 Å². The number of ether oxygens (including phenoxy) is 1. The number of nitrogens with one attached hydrogen (secondary N) is 1. The fourth-order valence-corrected chi connectivity index (χ4v) is 2.89. The van der Waals surface area contributed by atoms with Gasteiger partial charge in [0.1, 0.15) is 16.7 Å². The highest BCUT2D eigenvalue weighted by molar-refractivity contribution is 7.83. The van der Waals surface area contributed by atoms with E-state index in [0.29, 0.717) is 4.90 Å². The van der Waals surface area contributed by atoms with Crippen LogP contribution in [0.3, 0.4) is 0 Å². The molecule has 2 atom stereocenters. The van der Waals surface area contributed by atoms with Gasteiger partial charge in [0.05, 0.1) is 24.7 Å². The van der Waals surface area contributed by atoms with E-state index in [1.807, 2.05) is 55.5 Å². The standard InChI is InChI=1S/C16H19NO3S/c1-12-3-9-15(10-4-12)21(19)17-16(11-18)13-5-7-14(20-2)8-6-13/h3-10,16-18H,11H2,1-2H3/t16-,21+/m1/s1. The Kier molecular flexibility index (Phi) is 5.50.